The van der Waals surface area contributed by atoms with Crippen molar-refractivity contribution in [2.45, 2.75) is 26.3 Å². The summed E-state index contributed by atoms with van der Waals surface area (Å²) in [5, 5.41) is 6.13. The second-order valence-electron chi connectivity index (χ2n) is 5.29. The van der Waals surface area contributed by atoms with E-state index in [-0.39, 0.29) is 23.2 Å². The minimum absolute atomic E-state index is 0.199. The zero-order valence-electron chi connectivity index (χ0n) is 13.5. The Balaban J connectivity index is 1.98. The summed E-state index contributed by atoms with van der Waals surface area (Å²) < 4.78 is 0. The third kappa shape index (κ3) is 5.06. The van der Waals surface area contributed by atoms with Gasteiger partial charge in [0.25, 0.3) is 11.8 Å². The standard InChI is InChI=1S/C18H20ClN3O2/c1-2-3-11-20-17(23)15-9-6-10-16(22-15)18(24)21-12-13-7-4-5-8-14(13)19/h4-10H,2-3,11-12H2,1H3,(H,20,23)(H,21,24). The third-order valence-electron chi connectivity index (χ3n) is 3.43. The minimum Gasteiger partial charge on any atom is -0.351 e. The molecule has 2 aromatic rings. The number of hydrogen-bond donors (Lipinski definition) is 2. The molecule has 2 N–H and O–H groups in total. The number of nitrogens with one attached hydrogen (secondary N) is 2. The Morgan fingerprint density at radius 2 is 1.67 bits per heavy atom. The first-order valence-electron chi connectivity index (χ1n) is 7.88. The molecule has 0 aliphatic rings. The van der Waals surface area contributed by atoms with E-state index in [2.05, 4.69) is 15.6 Å². The smallest absolute Gasteiger partial charge is 0.270 e. The molecule has 6 heteroatoms. The van der Waals surface area contributed by atoms with E-state index >= 15 is 0 Å². The van der Waals surface area contributed by atoms with Crippen LogP contribution in [0.4, 0.5) is 0 Å². The second kappa shape index (κ2) is 9.03. The molecule has 2 rings (SSSR count). The Hall–Kier alpha value is -2.40. The molecule has 126 valence electrons. The number of aromatic nitrogens is 1. The normalized spacial score (nSPS) is 10.2. The number of carbonyl (C=O) groups is 2. The summed E-state index contributed by atoms with van der Waals surface area (Å²) >= 11 is 6.06. The highest BCUT2D eigenvalue weighted by Gasteiger charge is 2.12. The van der Waals surface area contributed by atoms with Crippen LogP contribution < -0.4 is 10.6 Å². The lowest BCUT2D eigenvalue weighted by atomic mass is 10.2. The number of halogens is 1. The number of unbranched alkanes of at least 4 members (excludes halogenated alkanes) is 1. The molecule has 5 nitrogen and oxygen atoms in total. The molecule has 0 aliphatic heterocycles. The summed E-state index contributed by atoms with van der Waals surface area (Å²) in [7, 11) is 0. The van der Waals surface area contributed by atoms with E-state index in [1.165, 1.54) is 0 Å². The van der Waals surface area contributed by atoms with E-state index in [0.29, 0.717) is 18.1 Å². The first-order valence-corrected chi connectivity index (χ1v) is 8.26. The molecular formula is C18H20ClN3O2. The van der Waals surface area contributed by atoms with Gasteiger partial charge in [-0.3, -0.25) is 9.59 Å². The van der Waals surface area contributed by atoms with Crippen LogP contribution in [0.3, 0.4) is 0 Å². The van der Waals surface area contributed by atoms with Crippen LogP contribution in [-0.4, -0.2) is 23.3 Å². The molecule has 24 heavy (non-hydrogen) atoms. The molecule has 0 fully saturated rings. The number of nitrogens with zero attached hydrogens (tertiary/aromatic N) is 1. The van der Waals surface area contributed by atoms with Gasteiger partial charge in [0.15, 0.2) is 0 Å². The van der Waals surface area contributed by atoms with Gasteiger partial charge >= 0.3 is 0 Å². The van der Waals surface area contributed by atoms with Crippen LogP contribution in [0.2, 0.25) is 5.02 Å². The quantitative estimate of drug-likeness (QED) is 0.757. The van der Waals surface area contributed by atoms with Crippen LogP contribution in [0.15, 0.2) is 42.5 Å². The van der Waals surface area contributed by atoms with Crippen molar-refractivity contribution in [1.82, 2.24) is 15.6 Å². The maximum atomic E-state index is 12.2. The van der Waals surface area contributed by atoms with Crippen molar-refractivity contribution in [2.75, 3.05) is 6.54 Å². The highest BCUT2D eigenvalue weighted by atomic mass is 35.5. The first-order chi connectivity index (χ1) is 11.6. The molecule has 1 heterocycles. The number of pyridine rings is 1. The van der Waals surface area contributed by atoms with Crippen LogP contribution in [0, 0.1) is 0 Å². The van der Waals surface area contributed by atoms with Gasteiger partial charge in [0.05, 0.1) is 0 Å². The molecular weight excluding hydrogens is 326 g/mol. The van der Waals surface area contributed by atoms with Crippen LogP contribution in [0.5, 0.6) is 0 Å². The summed E-state index contributed by atoms with van der Waals surface area (Å²) in [5.74, 6) is -0.623. The summed E-state index contributed by atoms with van der Waals surface area (Å²) in [4.78, 5) is 28.3. The van der Waals surface area contributed by atoms with Crippen molar-refractivity contribution in [3.63, 3.8) is 0 Å². The van der Waals surface area contributed by atoms with Crippen LogP contribution in [-0.2, 0) is 6.54 Å². The van der Waals surface area contributed by atoms with Gasteiger partial charge in [-0.25, -0.2) is 4.98 Å². The van der Waals surface area contributed by atoms with Crippen molar-refractivity contribution >= 4 is 23.4 Å². The molecule has 0 radical (unpaired) electrons. The maximum absolute atomic E-state index is 12.2. The van der Waals surface area contributed by atoms with Crippen LogP contribution in [0.25, 0.3) is 0 Å². The van der Waals surface area contributed by atoms with Crippen molar-refractivity contribution in [1.29, 1.82) is 0 Å². The predicted molar refractivity (Wildman–Crippen MR) is 94.1 cm³/mol. The molecule has 2 amide bonds. The van der Waals surface area contributed by atoms with Gasteiger partial charge in [0, 0.05) is 18.1 Å². The Morgan fingerprint density at radius 1 is 1.00 bits per heavy atom. The average Bonchev–Trinajstić information content (AvgIpc) is 2.61. The van der Waals surface area contributed by atoms with E-state index in [1.807, 2.05) is 25.1 Å². The zero-order valence-corrected chi connectivity index (χ0v) is 14.3. The predicted octanol–water partition coefficient (Wildman–Crippen LogP) is 3.19. The minimum atomic E-state index is -0.349. The van der Waals surface area contributed by atoms with Crippen LogP contribution >= 0.6 is 11.6 Å². The monoisotopic (exact) mass is 345 g/mol. The largest absolute Gasteiger partial charge is 0.351 e. The highest BCUT2D eigenvalue weighted by Crippen LogP contribution is 2.14. The Bertz CT molecular complexity index is 719. The molecule has 0 aliphatic carbocycles. The fourth-order valence-corrected chi connectivity index (χ4v) is 2.27. The van der Waals surface area contributed by atoms with Gasteiger partial charge in [-0.05, 0) is 30.2 Å². The van der Waals surface area contributed by atoms with E-state index < -0.39 is 0 Å². The summed E-state index contributed by atoms with van der Waals surface area (Å²) in [6.45, 7) is 2.95. The van der Waals surface area contributed by atoms with Crippen LogP contribution in [0.1, 0.15) is 46.3 Å². The molecule has 1 aromatic heterocycles. The summed E-state index contributed by atoms with van der Waals surface area (Å²) in [5.41, 5.74) is 1.25. The van der Waals surface area contributed by atoms with Gasteiger partial charge in [0.1, 0.15) is 11.4 Å². The topological polar surface area (TPSA) is 71.1 Å². The van der Waals surface area contributed by atoms with Gasteiger partial charge in [-0.2, -0.15) is 0 Å². The van der Waals surface area contributed by atoms with Crippen molar-refractivity contribution in [3.8, 4) is 0 Å². The summed E-state index contributed by atoms with van der Waals surface area (Å²) in [6.07, 6.45) is 1.90. The fraction of sp³-hybridized carbons (Fsp3) is 0.278. The van der Waals surface area contributed by atoms with E-state index in [4.69, 9.17) is 11.6 Å². The van der Waals surface area contributed by atoms with Gasteiger partial charge in [-0.1, -0.05) is 49.2 Å². The Labute approximate surface area is 146 Å². The number of benzene rings is 1. The lowest BCUT2D eigenvalue weighted by molar-refractivity contribution is 0.0942. The molecule has 0 unspecified atom stereocenters. The molecule has 1 aromatic carbocycles. The average molecular weight is 346 g/mol. The molecule has 0 saturated heterocycles. The zero-order chi connectivity index (χ0) is 17.4. The van der Waals surface area contributed by atoms with E-state index in [9.17, 15) is 9.59 Å². The molecule has 0 bridgehead atoms. The van der Waals surface area contributed by atoms with Crippen molar-refractivity contribution in [2.24, 2.45) is 0 Å². The van der Waals surface area contributed by atoms with Crippen molar-refractivity contribution in [3.05, 3.63) is 64.4 Å². The Kier molecular flexibility index (Phi) is 6.75. The second-order valence-corrected chi connectivity index (χ2v) is 5.70. The first kappa shape index (κ1) is 17.9. The summed E-state index contributed by atoms with van der Waals surface area (Å²) in [6, 6.07) is 12.1. The highest BCUT2D eigenvalue weighted by molar-refractivity contribution is 6.31. The maximum Gasteiger partial charge on any atom is 0.270 e. The molecule has 0 spiro atoms. The van der Waals surface area contributed by atoms with Gasteiger partial charge in [-0.15, -0.1) is 0 Å². The number of amides is 2. The van der Waals surface area contributed by atoms with E-state index in [0.717, 1.165) is 18.4 Å². The molecule has 0 saturated carbocycles. The van der Waals surface area contributed by atoms with Crippen molar-refractivity contribution < 1.29 is 9.59 Å². The molecule has 0 atom stereocenters. The van der Waals surface area contributed by atoms with Gasteiger partial charge < -0.3 is 10.6 Å². The SMILES string of the molecule is CCCCNC(=O)c1cccc(C(=O)NCc2ccccc2Cl)n1. The lowest BCUT2D eigenvalue weighted by Crippen LogP contribution is -2.28. The number of hydrogen-bond acceptors (Lipinski definition) is 3. The number of carbonyl (C=O) groups excluding carboxylic acids is 2. The third-order valence-corrected chi connectivity index (χ3v) is 3.80. The lowest BCUT2D eigenvalue weighted by Gasteiger charge is -2.08. The Morgan fingerprint density at radius 3 is 2.33 bits per heavy atom. The number of rotatable bonds is 7. The van der Waals surface area contributed by atoms with E-state index in [1.54, 1.807) is 24.3 Å². The van der Waals surface area contributed by atoms with Gasteiger partial charge in [0.2, 0.25) is 0 Å². The fourth-order valence-electron chi connectivity index (χ4n) is 2.06.